The van der Waals surface area contributed by atoms with Crippen molar-refractivity contribution in [1.82, 2.24) is 9.78 Å². The number of nitrogens with zero attached hydrogens (tertiary/aromatic N) is 2. The van der Waals surface area contributed by atoms with Gasteiger partial charge < -0.3 is 10.6 Å². The number of rotatable bonds is 4. The van der Waals surface area contributed by atoms with E-state index in [-0.39, 0.29) is 10.8 Å². The number of hydrogen-bond donors (Lipinski definition) is 2. The van der Waals surface area contributed by atoms with Crippen molar-refractivity contribution in [3.05, 3.63) is 77.5 Å². The first-order valence-electron chi connectivity index (χ1n) is 8.14. The minimum Gasteiger partial charge on any atom is -0.332 e. The molecule has 8 heteroatoms. The zero-order valence-electron chi connectivity index (χ0n) is 14.4. The van der Waals surface area contributed by atoms with Gasteiger partial charge in [0, 0.05) is 18.0 Å². The lowest BCUT2D eigenvalue weighted by atomic mass is 10.1. The number of hydrogen-bond acceptors (Lipinski definition) is 2. The molecule has 27 heavy (non-hydrogen) atoms. The van der Waals surface area contributed by atoms with Crippen molar-refractivity contribution in [3.63, 3.8) is 0 Å². The fourth-order valence-corrected chi connectivity index (χ4v) is 2.67. The van der Waals surface area contributed by atoms with Gasteiger partial charge in [-0.1, -0.05) is 35.9 Å². The quantitative estimate of drug-likeness (QED) is 0.611. The molecule has 4 nitrogen and oxygen atoms in total. The average molecular weight is 390 g/mol. The van der Waals surface area contributed by atoms with Gasteiger partial charge in [0.25, 0.3) is 0 Å². The van der Waals surface area contributed by atoms with Crippen LogP contribution in [0.25, 0.3) is 0 Å². The lowest BCUT2D eigenvalue weighted by molar-refractivity contribution is -0.137. The van der Waals surface area contributed by atoms with Crippen molar-refractivity contribution in [2.45, 2.75) is 19.6 Å². The van der Waals surface area contributed by atoms with E-state index in [1.807, 2.05) is 31.2 Å². The highest BCUT2D eigenvalue weighted by atomic mass is 32.1. The third kappa shape index (κ3) is 5.30. The van der Waals surface area contributed by atoms with E-state index in [1.165, 1.54) is 17.7 Å². The number of nitrogens with one attached hydrogen (secondary N) is 2. The Bertz CT molecular complexity index is 933. The molecule has 0 aliphatic rings. The summed E-state index contributed by atoms with van der Waals surface area (Å²) in [7, 11) is 0. The molecular weight excluding hydrogens is 373 g/mol. The van der Waals surface area contributed by atoms with Gasteiger partial charge in [-0.05, 0) is 42.9 Å². The molecule has 0 saturated heterocycles. The first-order chi connectivity index (χ1) is 12.8. The van der Waals surface area contributed by atoms with Crippen molar-refractivity contribution in [1.29, 1.82) is 0 Å². The molecule has 1 aromatic heterocycles. The van der Waals surface area contributed by atoms with E-state index in [2.05, 4.69) is 15.7 Å². The maximum Gasteiger partial charge on any atom is 0.416 e. The van der Waals surface area contributed by atoms with Gasteiger partial charge in [0.1, 0.15) is 0 Å². The molecule has 0 atom stereocenters. The second-order valence-corrected chi connectivity index (χ2v) is 6.45. The zero-order valence-corrected chi connectivity index (χ0v) is 15.2. The number of aromatic nitrogens is 2. The molecule has 140 valence electrons. The predicted molar refractivity (Wildman–Crippen MR) is 104 cm³/mol. The van der Waals surface area contributed by atoms with Crippen molar-refractivity contribution in [2.75, 3.05) is 10.6 Å². The van der Waals surface area contributed by atoms with Crippen molar-refractivity contribution in [3.8, 4) is 0 Å². The second kappa shape index (κ2) is 7.79. The van der Waals surface area contributed by atoms with E-state index in [1.54, 1.807) is 16.9 Å². The lowest BCUT2D eigenvalue weighted by Crippen LogP contribution is -2.20. The van der Waals surface area contributed by atoms with Crippen LogP contribution in [0.15, 0.2) is 60.8 Å². The summed E-state index contributed by atoms with van der Waals surface area (Å²) >= 11 is 5.16. The molecule has 3 aromatic rings. The van der Waals surface area contributed by atoms with Crippen LogP contribution in [-0.2, 0) is 12.7 Å². The van der Waals surface area contributed by atoms with Gasteiger partial charge in [0.15, 0.2) is 10.9 Å². The Morgan fingerprint density at radius 1 is 1.07 bits per heavy atom. The summed E-state index contributed by atoms with van der Waals surface area (Å²) in [4.78, 5) is 0. The summed E-state index contributed by atoms with van der Waals surface area (Å²) in [6.45, 7) is 2.63. The van der Waals surface area contributed by atoms with Gasteiger partial charge in [0.05, 0.1) is 12.1 Å². The molecular formula is C19H17F3N4S. The third-order valence-corrected chi connectivity index (χ3v) is 4.00. The summed E-state index contributed by atoms with van der Waals surface area (Å²) in [5.41, 5.74) is 1.81. The zero-order chi connectivity index (χ0) is 19.4. The largest absolute Gasteiger partial charge is 0.416 e. The van der Waals surface area contributed by atoms with Crippen molar-refractivity contribution >= 4 is 28.8 Å². The van der Waals surface area contributed by atoms with Crippen molar-refractivity contribution < 1.29 is 13.2 Å². The van der Waals surface area contributed by atoms with Crippen LogP contribution in [0.4, 0.5) is 24.7 Å². The number of alkyl halides is 3. The molecule has 2 N–H and O–H groups in total. The minimum atomic E-state index is -4.40. The van der Waals surface area contributed by atoms with Crippen LogP contribution in [0.5, 0.6) is 0 Å². The number of halogens is 3. The molecule has 0 unspecified atom stereocenters. The molecule has 3 rings (SSSR count). The molecule has 0 bridgehead atoms. The Hall–Kier alpha value is -2.87. The van der Waals surface area contributed by atoms with Gasteiger partial charge in [-0.2, -0.15) is 18.3 Å². The summed E-state index contributed by atoms with van der Waals surface area (Å²) in [5.74, 6) is 0.506. The Balaban J connectivity index is 1.60. The molecule has 0 spiro atoms. The van der Waals surface area contributed by atoms with Crippen LogP contribution in [-0.4, -0.2) is 14.9 Å². The molecule has 2 aromatic carbocycles. The number of aryl methyl sites for hydroxylation is 1. The van der Waals surface area contributed by atoms with Gasteiger partial charge in [0.2, 0.25) is 0 Å². The van der Waals surface area contributed by atoms with E-state index in [4.69, 9.17) is 12.2 Å². The number of thiocarbonyl (C=S) groups is 1. The Labute approximate surface area is 160 Å². The number of benzene rings is 2. The normalized spacial score (nSPS) is 11.3. The van der Waals surface area contributed by atoms with Crippen LogP contribution >= 0.6 is 12.2 Å². The molecule has 0 saturated carbocycles. The average Bonchev–Trinajstić information content (AvgIpc) is 3.03. The van der Waals surface area contributed by atoms with Crippen LogP contribution in [0.3, 0.4) is 0 Å². The summed E-state index contributed by atoms with van der Waals surface area (Å²) in [5, 5.41) is 10.1. The smallest absolute Gasteiger partial charge is 0.332 e. The summed E-state index contributed by atoms with van der Waals surface area (Å²) in [6, 6.07) is 14.7. The lowest BCUT2D eigenvalue weighted by Gasteiger charge is -2.11. The van der Waals surface area contributed by atoms with Gasteiger partial charge >= 0.3 is 6.18 Å². The van der Waals surface area contributed by atoms with E-state index in [0.29, 0.717) is 12.4 Å². The molecule has 0 radical (unpaired) electrons. The summed E-state index contributed by atoms with van der Waals surface area (Å²) < 4.78 is 40.1. The topological polar surface area (TPSA) is 41.9 Å². The van der Waals surface area contributed by atoms with Gasteiger partial charge in [-0.15, -0.1) is 0 Å². The predicted octanol–water partition coefficient (Wildman–Crippen LogP) is 5.07. The molecule has 0 aliphatic heterocycles. The highest BCUT2D eigenvalue weighted by Crippen LogP contribution is 2.30. The second-order valence-electron chi connectivity index (χ2n) is 6.04. The van der Waals surface area contributed by atoms with Crippen LogP contribution in [0.2, 0.25) is 0 Å². The highest BCUT2D eigenvalue weighted by Gasteiger charge is 2.30. The monoisotopic (exact) mass is 390 g/mol. The number of anilines is 2. The van der Waals surface area contributed by atoms with Crippen LogP contribution in [0, 0.1) is 6.92 Å². The Kier molecular flexibility index (Phi) is 5.46. The van der Waals surface area contributed by atoms with E-state index >= 15 is 0 Å². The van der Waals surface area contributed by atoms with Gasteiger partial charge in [-0.3, -0.25) is 4.68 Å². The van der Waals surface area contributed by atoms with Crippen molar-refractivity contribution in [2.24, 2.45) is 0 Å². The first kappa shape index (κ1) is 18.9. The molecule has 0 fully saturated rings. The van der Waals surface area contributed by atoms with E-state index in [0.717, 1.165) is 17.7 Å². The molecule has 0 aliphatic carbocycles. The standard InChI is InChI=1S/C19H17F3N4S/c1-13-5-7-14(8-6-13)12-26-10-9-17(25-26)24-18(27)23-16-4-2-3-15(11-16)19(20,21)22/h2-11H,12H2,1H3,(H2,23,24,25,27). The molecule has 0 amide bonds. The third-order valence-electron chi connectivity index (χ3n) is 3.80. The summed E-state index contributed by atoms with van der Waals surface area (Å²) in [6.07, 6.45) is -2.60. The minimum absolute atomic E-state index is 0.162. The highest BCUT2D eigenvalue weighted by molar-refractivity contribution is 7.80. The van der Waals surface area contributed by atoms with Crippen LogP contribution < -0.4 is 10.6 Å². The Morgan fingerprint density at radius 2 is 1.81 bits per heavy atom. The Morgan fingerprint density at radius 3 is 2.52 bits per heavy atom. The van der Waals surface area contributed by atoms with E-state index < -0.39 is 11.7 Å². The maximum atomic E-state index is 12.8. The van der Waals surface area contributed by atoms with E-state index in [9.17, 15) is 13.2 Å². The van der Waals surface area contributed by atoms with Crippen LogP contribution in [0.1, 0.15) is 16.7 Å². The molecule has 1 heterocycles. The fourth-order valence-electron chi connectivity index (χ4n) is 2.45. The maximum absolute atomic E-state index is 12.8. The first-order valence-corrected chi connectivity index (χ1v) is 8.55. The SMILES string of the molecule is Cc1ccc(Cn2ccc(NC(=S)Nc3cccc(C(F)(F)F)c3)n2)cc1. The fraction of sp³-hybridized carbons (Fsp3) is 0.158. The van der Waals surface area contributed by atoms with Gasteiger partial charge in [-0.25, -0.2) is 0 Å².